The van der Waals surface area contributed by atoms with Crippen molar-refractivity contribution in [2.24, 2.45) is 0 Å². The number of carbonyl (C=O) groups is 1. The molecule has 0 saturated heterocycles. The Kier molecular flexibility index (Phi) is 4.90. The summed E-state index contributed by atoms with van der Waals surface area (Å²) in [4.78, 5) is 12.1. The van der Waals surface area contributed by atoms with Gasteiger partial charge >= 0.3 is 0 Å². The molecular weight excluding hydrogens is 269 g/mol. The van der Waals surface area contributed by atoms with E-state index in [1.54, 1.807) is 12.1 Å². The maximum absolute atomic E-state index is 12.1. The molecule has 4 heteroatoms. The zero-order valence-corrected chi connectivity index (χ0v) is 11.7. The van der Waals surface area contributed by atoms with Crippen molar-refractivity contribution in [3.05, 3.63) is 34.9 Å². The smallest absolute Gasteiger partial charge is 0.253 e. The van der Waals surface area contributed by atoms with Gasteiger partial charge in [-0.05, 0) is 25.0 Å². The molecule has 0 bridgehead atoms. The summed E-state index contributed by atoms with van der Waals surface area (Å²) < 4.78 is 0. The summed E-state index contributed by atoms with van der Waals surface area (Å²) in [5, 5.41) is 3.52. The topological polar surface area (TPSA) is 29.1 Å². The molecule has 1 aliphatic carbocycles. The molecule has 0 aromatic heterocycles. The van der Waals surface area contributed by atoms with Gasteiger partial charge in [0, 0.05) is 6.04 Å². The standard InChI is InChI=1S/C14H17Cl2NO/c15-11-7-5-4-6-10(11)14(18)17-13-9-3-1-2-8-12(13)16/h4-7,12-13H,1-3,8-9H2,(H,17,18). The van der Waals surface area contributed by atoms with E-state index in [1.807, 2.05) is 12.1 Å². The van der Waals surface area contributed by atoms with Gasteiger partial charge in [0.1, 0.15) is 0 Å². The lowest BCUT2D eigenvalue weighted by atomic mass is 10.1. The van der Waals surface area contributed by atoms with Crippen molar-refractivity contribution in [3.63, 3.8) is 0 Å². The van der Waals surface area contributed by atoms with Crippen LogP contribution in [0.4, 0.5) is 0 Å². The average molecular weight is 286 g/mol. The van der Waals surface area contributed by atoms with Crippen LogP contribution in [-0.2, 0) is 0 Å². The number of alkyl halides is 1. The average Bonchev–Trinajstić information content (AvgIpc) is 2.55. The summed E-state index contributed by atoms with van der Waals surface area (Å²) in [6.07, 6.45) is 5.38. The van der Waals surface area contributed by atoms with Crippen molar-refractivity contribution in [3.8, 4) is 0 Å². The highest BCUT2D eigenvalue weighted by Gasteiger charge is 2.24. The third-order valence-corrected chi connectivity index (χ3v) is 4.22. The second-order valence-electron chi connectivity index (χ2n) is 4.71. The van der Waals surface area contributed by atoms with Crippen molar-refractivity contribution in [2.45, 2.75) is 43.5 Å². The van der Waals surface area contributed by atoms with Crippen LogP contribution in [0, 0.1) is 0 Å². The Hall–Kier alpha value is -0.730. The Morgan fingerprint density at radius 3 is 2.67 bits per heavy atom. The number of hydrogen-bond acceptors (Lipinski definition) is 1. The van der Waals surface area contributed by atoms with E-state index in [1.165, 1.54) is 6.42 Å². The van der Waals surface area contributed by atoms with Crippen LogP contribution in [0.25, 0.3) is 0 Å². The van der Waals surface area contributed by atoms with Crippen LogP contribution in [-0.4, -0.2) is 17.3 Å². The first-order valence-electron chi connectivity index (χ1n) is 6.38. The molecule has 2 unspecified atom stereocenters. The van der Waals surface area contributed by atoms with Crippen LogP contribution in [0.15, 0.2) is 24.3 Å². The zero-order chi connectivity index (χ0) is 13.0. The number of amides is 1. The fourth-order valence-electron chi connectivity index (χ4n) is 2.32. The fraction of sp³-hybridized carbons (Fsp3) is 0.500. The fourth-order valence-corrected chi connectivity index (χ4v) is 2.88. The van der Waals surface area contributed by atoms with Crippen LogP contribution in [0.1, 0.15) is 42.5 Å². The molecule has 1 aromatic carbocycles. The summed E-state index contributed by atoms with van der Waals surface area (Å²) in [6, 6.07) is 7.14. The van der Waals surface area contributed by atoms with Gasteiger partial charge < -0.3 is 5.32 Å². The van der Waals surface area contributed by atoms with Gasteiger partial charge in [-0.1, -0.05) is 43.0 Å². The third-order valence-electron chi connectivity index (χ3n) is 3.37. The van der Waals surface area contributed by atoms with E-state index in [2.05, 4.69) is 5.32 Å². The molecule has 98 valence electrons. The second kappa shape index (κ2) is 6.44. The summed E-state index contributed by atoms with van der Waals surface area (Å²) in [6.45, 7) is 0. The highest BCUT2D eigenvalue weighted by molar-refractivity contribution is 6.33. The lowest BCUT2D eigenvalue weighted by molar-refractivity contribution is 0.0934. The van der Waals surface area contributed by atoms with E-state index in [9.17, 15) is 4.79 Å². The minimum atomic E-state index is -0.127. The van der Waals surface area contributed by atoms with Crippen LogP contribution < -0.4 is 5.32 Å². The first-order valence-corrected chi connectivity index (χ1v) is 7.19. The number of hydrogen-bond donors (Lipinski definition) is 1. The summed E-state index contributed by atoms with van der Waals surface area (Å²) in [5.41, 5.74) is 0.521. The normalized spacial score (nSPS) is 24.3. The van der Waals surface area contributed by atoms with Crippen LogP contribution in [0.3, 0.4) is 0 Å². The Morgan fingerprint density at radius 1 is 1.17 bits per heavy atom. The van der Waals surface area contributed by atoms with Crippen molar-refractivity contribution in [1.82, 2.24) is 5.32 Å². The quantitative estimate of drug-likeness (QED) is 0.646. The number of rotatable bonds is 2. The van der Waals surface area contributed by atoms with Crippen LogP contribution >= 0.6 is 23.2 Å². The SMILES string of the molecule is O=C(NC1CCCCCC1Cl)c1ccccc1Cl. The van der Waals surface area contributed by atoms with Gasteiger partial charge in [-0.3, -0.25) is 4.79 Å². The molecule has 1 fully saturated rings. The van der Waals surface area contributed by atoms with Crippen LogP contribution in [0.2, 0.25) is 5.02 Å². The highest BCUT2D eigenvalue weighted by Crippen LogP contribution is 2.23. The molecule has 0 aliphatic heterocycles. The van der Waals surface area contributed by atoms with Crippen molar-refractivity contribution in [1.29, 1.82) is 0 Å². The first-order chi connectivity index (χ1) is 8.68. The van der Waals surface area contributed by atoms with Gasteiger partial charge in [0.15, 0.2) is 0 Å². The van der Waals surface area contributed by atoms with Crippen molar-refractivity contribution in [2.75, 3.05) is 0 Å². The minimum Gasteiger partial charge on any atom is -0.348 e. The van der Waals surface area contributed by atoms with Crippen molar-refractivity contribution < 1.29 is 4.79 Å². The third kappa shape index (κ3) is 3.39. The van der Waals surface area contributed by atoms with Gasteiger partial charge in [0.2, 0.25) is 0 Å². The van der Waals surface area contributed by atoms with E-state index in [-0.39, 0.29) is 17.3 Å². The van der Waals surface area contributed by atoms with Gasteiger partial charge in [0.25, 0.3) is 5.91 Å². The van der Waals surface area contributed by atoms with Gasteiger partial charge in [0.05, 0.1) is 16.0 Å². The van der Waals surface area contributed by atoms with E-state index < -0.39 is 0 Å². The van der Waals surface area contributed by atoms with E-state index >= 15 is 0 Å². The largest absolute Gasteiger partial charge is 0.348 e. The molecular formula is C14H17Cl2NO. The summed E-state index contributed by atoms with van der Waals surface area (Å²) in [7, 11) is 0. The molecule has 1 N–H and O–H groups in total. The number of nitrogens with one attached hydrogen (secondary N) is 1. The molecule has 1 amide bonds. The summed E-state index contributed by atoms with van der Waals surface area (Å²) in [5.74, 6) is -0.127. The lowest BCUT2D eigenvalue weighted by Gasteiger charge is -2.21. The van der Waals surface area contributed by atoms with Gasteiger partial charge in [-0.25, -0.2) is 0 Å². The predicted molar refractivity (Wildman–Crippen MR) is 75.4 cm³/mol. The monoisotopic (exact) mass is 285 g/mol. The molecule has 0 heterocycles. The number of carbonyl (C=O) groups excluding carboxylic acids is 1. The summed E-state index contributed by atoms with van der Waals surface area (Å²) >= 11 is 12.3. The zero-order valence-electron chi connectivity index (χ0n) is 10.2. The van der Waals surface area contributed by atoms with E-state index in [4.69, 9.17) is 23.2 Å². The second-order valence-corrected chi connectivity index (χ2v) is 5.68. The Labute approximate surface area is 118 Å². The first kappa shape index (κ1) is 13.7. The molecule has 18 heavy (non-hydrogen) atoms. The Bertz CT molecular complexity index is 422. The Balaban J connectivity index is 2.04. The maximum atomic E-state index is 12.1. The molecule has 0 radical (unpaired) electrons. The minimum absolute atomic E-state index is 0.0268. The lowest BCUT2D eigenvalue weighted by Crippen LogP contribution is -2.40. The molecule has 2 rings (SSSR count). The molecule has 2 nitrogen and oxygen atoms in total. The molecule has 1 aliphatic rings. The van der Waals surface area contributed by atoms with Gasteiger partial charge in [-0.2, -0.15) is 0 Å². The highest BCUT2D eigenvalue weighted by atomic mass is 35.5. The number of halogens is 2. The van der Waals surface area contributed by atoms with E-state index in [0.29, 0.717) is 10.6 Å². The molecule has 1 aromatic rings. The maximum Gasteiger partial charge on any atom is 0.253 e. The molecule has 1 saturated carbocycles. The predicted octanol–water partition coefficient (Wildman–Crippen LogP) is 4.01. The van der Waals surface area contributed by atoms with E-state index in [0.717, 1.165) is 25.7 Å². The molecule has 2 atom stereocenters. The Morgan fingerprint density at radius 2 is 1.89 bits per heavy atom. The van der Waals surface area contributed by atoms with Gasteiger partial charge in [-0.15, -0.1) is 11.6 Å². The van der Waals surface area contributed by atoms with Crippen LogP contribution in [0.5, 0.6) is 0 Å². The molecule has 0 spiro atoms. The van der Waals surface area contributed by atoms with Crippen molar-refractivity contribution >= 4 is 29.1 Å². The number of benzene rings is 1.